The van der Waals surface area contributed by atoms with Gasteiger partial charge < -0.3 is 15.0 Å². The van der Waals surface area contributed by atoms with Gasteiger partial charge in [-0.05, 0) is 71.9 Å². The number of carbonyl (C=O) groups excluding carboxylic acids is 2. The number of nitrogens with zero attached hydrogens (tertiary/aromatic N) is 1. The van der Waals surface area contributed by atoms with E-state index >= 15 is 0 Å². The third-order valence-electron chi connectivity index (χ3n) is 3.82. The van der Waals surface area contributed by atoms with E-state index in [0.717, 1.165) is 25.9 Å². The summed E-state index contributed by atoms with van der Waals surface area (Å²) in [4.78, 5) is 26.5. The van der Waals surface area contributed by atoms with Crippen LogP contribution in [0.2, 0.25) is 0 Å². The molecule has 0 aliphatic carbocycles. The highest BCUT2D eigenvalue weighted by Gasteiger charge is 2.20. The number of rotatable bonds is 3. The summed E-state index contributed by atoms with van der Waals surface area (Å²) in [6.45, 7) is 7.39. The normalized spacial score (nSPS) is 16.5. The first-order valence-electron chi connectivity index (χ1n) is 8.32. The molecule has 6 nitrogen and oxygen atoms in total. The number of benzene rings is 1. The van der Waals surface area contributed by atoms with Crippen molar-refractivity contribution < 1.29 is 14.3 Å². The molecule has 1 heterocycles. The van der Waals surface area contributed by atoms with Gasteiger partial charge >= 0.3 is 6.09 Å². The molecule has 1 aliphatic rings. The second-order valence-corrected chi connectivity index (χ2v) is 7.26. The Balaban J connectivity index is 1.94. The van der Waals surface area contributed by atoms with Gasteiger partial charge in [-0.3, -0.25) is 10.1 Å². The first-order chi connectivity index (χ1) is 11.2. The smallest absolute Gasteiger partial charge is 0.412 e. The minimum absolute atomic E-state index is 0.114. The highest BCUT2D eigenvalue weighted by Crippen LogP contribution is 2.15. The van der Waals surface area contributed by atoms with Gasteiger partial charge in [-0.2, -0.15) is 0 Å². The van der Waals surface area contributed by atoms with Gasteiger partial charge in [0.15, 0.2) is 0 Å². The molecular formula is C18H27N3O3. The number of hydrogen-bond acceptors (Lipinski definition) is 4. The largest absolute Gasteiger partial charge is 0.444 e. The van der Waals surface area contributed by atoms with Gasteiger partial charge in [-0.25, -0.2) is 4.79 Å². The predicted molar refractivity (Wildman–Crippen MR) is 94.3 cm³/mol. The van der Waals surface area contributed by atoms with Gasteiger partial charge in [0.2, 0.25) is 0 Å². The zero-order chi connectivity index (χ0) is 17.7. The number of likely N-dealkylation sites (tertiary alicyclic amines) is 1. The highest BCUT2D eigenvalue weighted by molar-refractivity contribution is 5.96. The van der Waals surface area contributed by atoms with Crippen molar-refractivity contribution in [1.82, 2.24) is 10.2 Å². The lowest BCUT2D eigenvalue weighted by Crippen LogP contribution is -2.43. The van der Waals surface area contributed by atoms with Crippen LogP contribution in [-0.4, -0.2) is 48.7 Å². The average molecular weight is 333 g/mol. The zero-order valence-electron chi connectivity index (χ0n) is 14.9. The predicted octanol–water partition coefficient (Wildman–Crippen LogP) is 2.86. The van der Waals surface area contributed by atoms with Crippen molar-refractivity contribution in [2.24, 2.45) is 0 Å². The van der Waals surface area contributed by atoms with E-state index in [4.69, 9.17) is 4.74 Å². The van der Waals surface area contributed by atoms with Crippen LogP contribution in [-0.2, 0) is 4.74 Å². The molecule has 2 N–H and O–H groups in total. The number of hydrogen-bond donors (Lipinski definition) is 2. The lowest BCUT2D eigenvalue weighted by atomic mass is 10.0. The summed E-state index contributed by atoms with van der Waals surface area (Å²) in [7, 11) is 2.09. The summed E-state index contributed by atoms with van der Waals surface area (Å²) >= 11 is 0. The molecule has 6 heteroatoms. The van der Waals surface area contributed by atoms with Crippen molar-refractivity contribution in [2.45, 2.75) is 45.3 Å². The Labute approximate surface area is 143 Å². The van der Waals surface area contributed by atoms with E-state index in [9.17, 15) is 9.59 Å². The van der Waals surface area contributed by atoms with Crippen LogP contribution < -0.4 is 10.6 Å². The Morgan fingerprint density at radius 2 is 1.88 bits per heavy atom. The number of nitrogens with one attached hydrogen (secondary N) is 2. The summed E-state index contributed by atoms with van der Waals surface area (Å²) in [6.07, 6.45) is 1.38. The number of amides is 2. The molecule has 0 unspecified atom stereocenters. The lowest BCUT2D eigenvalue weighted by molar-refractivity contribution is 0.0635. The molecule has 0 aromatic heterocycles. The SMILES string of the molecule is CN1CCC(NC(=O)c2cccc(NC(=O)OC(C)(C)C)c2)CC1. The second kappa shape index (κ2) is 7.66. The van der Waals surface area contributed by atoms with Crippen LogP contribution in [0.3, 0.4) is 0 Å². The second-order valence-electron chi connectivity index (χ2n) is 7.26. The number of anilines is 1. The minimum Gasteiger partial charge on any atom is -0.444 e. The van der Waals surface area contributed by atoms with Gasteiger partial charge in [0.05, 0.1) is 0 Å². The van der Waals surface area contributed by atoms with Crippen LogP contribution in [0, 0.1) is 0 Å². The van der Waals surface area contributed by atoms with Crippen molar-refractivity contribution in [1.29, 1.82) is 0 Å². The van der Waals surface area contributed by atoms with Crippen molar-refractivity contribution in [2.75, 3.05) is 25.5 Å². The standard InChI is InChI=1S/C18H27N3O3/c1-18(2,3)24-17(23)20-15-7-5-6-13(12-15)16(22)19-14-8-10-21(4)11-9-14/h5-7,12,14H,8-11H2,1-4H3,(H,19,22)(H,20,23). The number of carbonyl (C=O) groups is 2. The van der Waals surface area contributed by atoms with E-state index in [1.807, 2.05) is 0 Å². The molecule has 0 spiro atoms. The van der Waals surface area contributed by atoms with Crippen LogP contribution >= 0.6 is 0 Å². The Morgan fingerprint density at radius 3 is 2.50 bits per heavy atom. The topological polar surface area (TPSA) is 70.7 Å². The van der Waals surface area contributed by atoms with Crippen molar-refractivity contribution in [3.63, 3.8) is 0 Å². The third kappa shape index (κ3) is 5.85. The Morgan fingerprint density at radius 1 is 1.21 bits per heavy atom. The molecule has 1 aromatic carbocycles. The summed E-state index contributed by atoms with van der Waals surface area (Å²) in [5.74, 6) is -0.114. The van der Waals surface area contributed by atoms with E-state index < -0.39 is 11.7 Å². The van der Waals surface area contributed by atoms with Gasteiger partial charge in [-0.15, -0.1) is 0 Å². The summed E-state index contributed by atoms with van der Waals surface area (Å²) in [6, 6.07) is 7.09. The van der Waals surface area contributed by atoms with Crippen LogP contribution in [0.5, 0.6) is 0 Å². The molecular weight excluding hydrogens is 306 g/mol. The van der Waals surface area contributed by atoms with Crippen LogP contribution in [0.15, 0.2) is 24.3 Å². The fourth-order valence-corrected chi connectivity index (χ4v) is 2.58. The van der Waals surface area contributed by atoms with Gasteiger partial charge in [0, 0.05) is 17.3 Å². The van der Waals surface area contributed by atoms with Gasteiger partial charge in [0.1, 0.15) is 5.60 Å². The Bertz CT molecular complexity index is 587. The minimum atomic E-state index is -0.562. The molecule has 24 heavy (non-hydrogen) atoms. The van der Waals surface area contributed by atoms with Crippen LogP contribution in [0.4, 0.5) is 10.5 Å². The summed E-state index contributed by atoms with van der Waals surface area (Å²) < 4.78 is 5.22. The number of ether oxygens (including phenoxy) is 1. The van der Waals surface area contributed by atoms with E-state index in [0.29, 0.717) is 11.3 Å². The number of piperidine rings is 1. The first-order valence-corrected chi connectivity index (χ1v) is 8.32. The van der Waals surface area contributed by atoms with E-state index in [1.54, 1.807) is 45.0 Å². The fraction of sp³-hybridized carbons (Fsp3) is 0.556. The molecule has 2 rings (SSSR count). The van der Waals surface area contributed by atoms with Crippen LogP contribution in [0.25, 0.3) is 0 Å². The maximum absolute atomic E-state index is 12.4. The quantitative estimate of drug-likeness (QED) is 0.892. The molecule has 1 aliphatic heterocycles. The molecule has 1 aromatic rings. The molecule has 0 radical (unpaired) electrons. The van der Waals surface area contributed by atoms with Crippen molar-refractivity contribution in [3.8, 4) is 0 Å². The maximum Gasteiger partial charge on any atom is 0.412 e. The molecule has 0 bridgehead atoms. The first kappa shape index (κ1) is 18.3. The molecule has 1 fully saturated rings. The highest BCUT2D eigenvalue weighted by atomic mass is 16.6. The van der Waals surface area contributed by atoms with Crippen LogP contribution in [0.1, 0.15) is 44.0 Å². The van der Waals surface area contributed by atoms with Gasteiger partial charge in [0.25, 0.3) is 5.91 Å². The molecule has 0 atom stereocenters. The third-order valence-corrected chi connectivity index (χ3v) is 3.82. The fourth-order valence-electron chi connectivity index (χ4n) is 2.58. The Hall–Kier alpha value is -2.08. The summed E-state index contributed by atoms with van der Waals surface area (Å²) in [5.41, 5.74) is 0.510. The van der Waals surface area contributed by atoms with Gasteiger partial charge in [-0.1, -0.05) is 6.07 Å². The monoisotopic (exact) mass is 333 g/mol. The van der Waals surface area contributed by atoms with E-state index in [1.165, 1.54) is 0 Å². The summed E-state index contributed by atoms with van der Waals surface area (Å²) in [5, 5.41) is 5.72. The zero-order valence-corrected chi connectivity index (χ0v) is 14.9. The Kier molecular flexibility index (Phi) is 5.83. The average Bonchev–Trinajstić information content (AvgIpc) is 2.48. The lowest BCUT2D eigenvalue weighted by Gasteiger charge is -2.29. The molecule has 0 saturated carbocycles. The molecule has 1 saturated heterocycles. The van der Waals surface area contributed by atoms with E-state index in [-0.39, 0.29) is 11.9 Å². The van der Waals surface area contributed by atoms with Crippen molar-refractivity contribution in [3.05, 3.63) is 29.8 Å². The molecule has 132 valence electrons. The van der Waals surface area contributed by atoms with E-state index in [2.05, 4.69) is 22.6 Å². The maximum atomic E-state index is 12.4. The van der Waals surface area contributed by atoms with Crippen molar-refractivity contribution >= 4 is 17.7 Å². The molecule has 2 amide bonds.